The van der Waals surface area contributed by atoms with Crippen LogP contribution < -0.4 is 16.0 Å². The molecule has 1 fully saturated rings. The topological polar surface area (TPSA) is 88.2 Å². The zero-order chi connectivity index (χ0) is 16.0. The third-order valence-electron chi connectivity index (χ3n) is 2.87. The van der Waals surface area contributed by atoms with Crippen molar-refractivity contribution in [3.05, 3.63) is 18.0 Å². The molecule has 1 aromatic heterocycles. The Morgan fingerprint density at radius 1 is 1.45 bits per heavy atom. The first-order chi connectivity index (χ1) is 10.5. The van der Waals surface area contributed by atoms with Crippen molar-refractivity contribution in [1.29, 1.82) is 0 Å². The van der Waals surface area contributed by atoms with Crippen molar-refractivity contribution >= 4 is 11.9 Å². The van der Waals surface area contributed by atoms with Crippen LogP contribution in [0.4, 0.5) is 19.1 Å². The predicted molar refractivity (Wildman–Crippen MR) is 71.1 cm³/mol. The van der Waals surface area contributed by atoms with E-state index in [1.807, 2.05) is 0 Å². The summed E-state index contributed by atoms with van der Waals surface area (Å²) in [7, 11) is 0. The van der Waals surface area contributed by atoms with Crippen molar-refractivity contribution in [1.82, 2.24) is 20.6 Å². The van der Waals surface area contributed by atoms with E-state index in [0.29, 0.717) is 19.7 Å². The molecule has 1 amide bonds. The number of carbonyl (C=O) groups excluding carboxylic acids is 1. The van der Waals surface area contributed by atoms with E-state index in [0.717, 1.165) is 12.3 Å². The van der Waals surface area contributed by atoms with Gasteiger partial charge in [0, 0.05) is 32.4 Å². The van der Waals surface area contributed by atoms with Gasteiger partial charge in [-0.1, -0.05) is 0 Å². The zero-order valence-corrected chi connectivity index (χ0v) is 11.6. The zero-order valence-electron chi connectivity index (χ0n) is 11.6. The summed E-state index contributed by atoms with van der Waals surface area (Å²) in [6.45, 7) is 2.04. The molecule has 0 radical (unpaired) electrons. The van der Waals surface area contributed by atoms with Gasteiger partial charge in [0.15, 0.2) is 0 Å². The van der Waals surface area contributed by atoms with E-state index >= 15 is 0 Å². The van der Waals surface area contributed by atoms with Gasteiger partial charge in [-0.05, 0) is 6.07 Å². The molecule has 1 atom stereocenters. The Morgan fingerprint density at radius 3 is 2.95 bits per heavy atom. The Bertz CT molecular complexity index is 506. The Morgan fingerprint density at radius 2 is 2.27 bits per heavy atom. The standard InChI is InChI=1S/C12H16F3N5O2/c13-12(14,15)9-1-2-18-11(20-9)19-4-3-17-10(21)8-7-16-5-6-22-8/h1-2,8,16H,3-7H2,(H,17,21)(H,18,19,20). The third kappa shape index (κ3) is 4.81. The summed E-state index contributed by atoms with van der Waals surface area (Å²) in [5, 5.41) is 8.27. The number of rotatable bonds is 5. The molecule has 0 bridgehead atoms. The number of amides is 1. The lowest BCUT2D eigenvalue weighted by molar-refractivity contribution is -0.141. The van der Waals surface area contributed by atoms with Crippen LogP contribution in [0.3, 0.4) is 0 Å². The minimum Gasteiger partial charge on any atom is -0.366 e. The maximum atomic E-state index is 12.5. The first kappa shape index (κ1) is 16.4. The van der Waals surface area contributed by atoms with Gasteiger partial charge in [-0.15, -0.1) is 0 Å². The Balaban J connectivity index is 1.73. The first-order valence-corrected chi connectivity index (χ1v) is 6.71. The molecular formula is C12H16F3N5O2. The number of hydrogen-bond acceptors (Lipinski definition) is 6. The highest BCUT2D eigenvalue weighted by molar-refractivity contribution is 5.81. The van der Waals surface area contributed by atoms with E-state index in [9.17, 15) is 18.0 Å². The number of aromatic nitrogens is 2. The average molecular weight is 319 g/mol. The first-order valence-electron chi connectivity index (χ1n) is 6.71. The normalized spacial score (nSPS) is 18.8. The van der Waals surface area contributed by atoms with Crippen molar-refractivity contribution in [3.63, 3.8) is 0 Å². The molecule has 0 aromatic carbocycles. The SMILES string of the molecule is O=C(NCCNc1nccc(C(F)(F)F)n1)C1CNCCO1. The van der Waals surface area contributed by atoms with E-state index in [4.69, 9.17) is 4.74 Å². The average Bonchev–Trinajstić information content (AvgIpc) is 2.52. The number of alkyl halides is 3. The van der Waals surface area contributed by atoms with Crippen LogP contribution in [-0.2, 0) is 15.7 Å². The summed E-state index contributed by atoms with van der Waals surface area (Å²) in [5.74, 6) is -0.404. The summed E-state index contributed by atoms with van der Waals surface area (Å²) in [6, 6.07) is 0.792. The molecule has 2 rings (SSSR count). The Labute approximate surface area is 124 Å². The van der Waals surface area contributed by atoms with Crippen LogP contribution >= 0.6 is 0 Å². The summed E-state index contributed by atoms with van der Waals surface area (Å²) >= 11 is 0. The van der Waals surface area contributed by atoms with Gasteiger partial charge in [-0.2, -0.15) is 13.2 Å². The number of nitrogens with one attached hydrogen (secondary N) is 3. The summed E-state index contributed by atoms with van der Waals surface area (Å²) < 4.78 is 42.7. The molecule has 3 N–H and O–H groups in total. The molecule has 10 heteroatoms. The van der Waals surface area contributed by atoms with Crippen molar-refractivity contribution < 1.29 is 22.7 Å². The fourth-order valence-electron chi connectivity index (χ4n) is 1.81. The molecule has 7 nitrogen and oxygen atoms in total. The second-order valence-electron chi connectivity index (χ2n) is 4.54. The lowest BCUT2D eigenvalue weighted by Crippen LogP contribution is -2.48. The number of halogens is 3. The number of hydrogen-bond donors (Lipinski definition) is 3. The van der Waals surface area contributed by atoms with Crippen LogP contribution in [0.15, 0.2) is 12.3 Å². The maximum absolute atomic E-state index is 12.5. The summed E-state index contributed by atoms with van der Waals surface area (Å²) in [5.41, 5.74) is -1.02. The molecule has 1 unspecified atom stereocenters. The minimum absolute atomic E-state index is 0.139. The molecule has 0 aliphatic carbocycles. The number of carbonyl (C=O) groups is 1. The monoisotopic (exact) mass is 319 g/mol. The Kier molecular flexibility index (Phi) is 5.50. The highest BCUT2D eigenvalue weighted by atomic mass is 19.4. The van der Waals surface area contributed by atoms with Gasteiger partial charge in [0.25, 0.3) is 5.91 Å². The van der Waals surface area contributed by atoms with Crippen LogP contribution in [0.5, 0.6) is 0 Å². The molecule has 122 valence electrons. The molecule has 1 aromatic rings. The van der Waals surface area contributed by atoms with Crippen molar-refractivity contribution in [2.24, 2.45) is 0 Å². The van der Waals surface area contributed by atoms with Gasteiger partial charge in [-0.3, -0.25) is 4.79 Å². The van der Waals surface area contributed by atoms with Crippen LogP contribution in [0.2, 0.25) is 0 Å². The highest BCUT2D eigenvalue weighted by Gasteiger charge is 2.32. The largest absolute Gasteiger partial charge is 0.433 e. The lowest BCUT2D eigenvalue weighted by Gasteiger charge is -2.22. The molecule has 2 heterocycles. The number of nitrogens with zero attached hydrogens (tertiary/aromatic N) is 2. The molecule has 22 heavy (non-hydrogen) atoms. The summed E-state index contributed by atoms with van der Waals surface area (Å²) in [4.78, 5) is 18.8. The van der Waals surface area contributed by atoms with Gasteiger partial charge >= 0.3 is 6.18 Å². The van der Waals surface area contributed by atoms with Gasteiger partial charge in [0.2, 0.25) is 5.95 Å². The second kappa shape index (κ2) is 7.36. The van der Waals surface area contributed by atoms with Crippen molar-refractivity contribution in [3.8, 4) is 0 Å². The number of morpholine rings is 1. The molecular weight excluding hydrogens is 303 g/mol. The second-order valence-corrected chi connectivity index (χ2v) is 4.54. The molecule has 1 aliphatic rings. The van der Waals surface area contributed by atoms with Crippen molar-refractivity contribution in [2.45, 2.75) is 12.3 Å². The molecule has 0 spiro atoms. The third-order valence-corrected chi connectivity index (χ3v) is 2.87. The number of anilines is 1. The quantitative estimate of drug-likeness (QED) is 0.663. The number of ether oxygens (including phenoxy) is 1. The highest BCUT2D eigenvalue weighted by Crippen LogP contribution is 2.27. The molecule has 1 aliphatic heterocycles. The van der Waals surface area contributed by atoms with Crippen LogP contribution in [0.1, 0.15) is 5.69 Å². The fourth-order valence-corrected chi connectivity index (χ4v) is 1.81. The van der Waals surface area contributed by atoms with E-state index < -0.39 is 18.0 Å². The summed E-state index contributed by atoms with van der Waals surface area (Å²) in [6.07, 6.45) is -4.03. The van der Waals surface area contributed by atoms with Gasteiger partial charge in [0.1, 0.15) is 11.8 Å². The molecule has 1 saturated heterocycles. The molecule has 0 saturated carbocycles. The van der Waals surface area contributed by atoms with Gasteiger partial charge in [-0.25, -0.2) is 9.97 Å². The van der Waals surface area contributed by atoms with Crippen LogP contribution in [-0.4, -0.2) is 54.8 Å². The van der Waals surface area contributed by atoms with Gasteiger partial charge < -0.3 is 20.7 Å². The van der Waals surface area contributed by atoms with Gasteiger partial charge in [0.05, 0.1) is 6.61 Å². The lowest BCUT2D eigenvalue weighted by atomic mass is 10.3. The Hall–Kier alpha value is -1.94. The minimum atomic E-state index is -4.51. The van der Waals surface area contributed by atoms with E-state index in [1.54, 1.807) is 0 Å². The van der Waals surface area contributed by atoms with E-state index in [2.05, 4.69) is 25.9 Å². The van der Waals surface area contributed by atoms with E-state index in [-0.39, 0.29) is 24.9 Å². The van der Waals surface area contributed by atoms with Crippen LogP contribution in [0, 0.1) is 0 Å². The fraction of sp³-hybridized carbons (Fsp3) is 0.583. The predicted octanol–water partition coefficient (Wildman–Crippen LogP) is 0.0119. The van der Waals surface area contributed by atoms with Crippen LogP contribution in [0.25, 0.3) is 0 Å². The maximum Gasteiger partial charge on any atom is 0.433 e. The smallest absolute Gasteiger partial charge is 0.366 e. The van der Waals surface area contributed by atoms with E-state index in [1.165, 1.54) is 0 Å². The van der Waals surface area contributed by atoms with Crippen molar-refractivity contribution in [2.75, 3.05) is 38.1 Å².